The molecule has 1 aromatic rings. The summed E-state index contributed by atoms with van der Waals surface area (Å²) < 4.78 is 30.0. The Morgan fingerprint density at radius 2 is 1.84 bits per heavy atom. The first-order valence-electron chi connectivity index (χ1n) is 6.12. The highest BCUT2D eigenvalue weighted by Gasteiger charge is 2.69. The summed E-state index contributed by atoms with van der Waals surface area (Å²) in [5.74, 6) is -1.03. The molecular formula is C14H18O4S. The molecule has 0 saturated heterocycles. The zero-order valence-corrected chi connectivity index (χ0v) is 12.3. The minimum Gasteiger partial charge on any atom is -0.469 e. The first-order chi connectivity index (χ1) is 8.74. The molecule has 5 heteroatoms. The Kier molecular flexibility index (Phi) is 3.21. The molecule has 2 atom stereocenters. The van der Waals surface area contributed by atoms with E-state index in [2.05, 4.69) is 0 Å². The second-order valence-electron chi connectivity index (χ2n) is 5.55. The number of carbonyl (C=O) groups excluding carboxylic acids is 1. The van der Waals surface area contributed by atoms with Gasteiger partial charge in [-0.15, -0.1) is 0 Å². The molecule has 0 aliphatic heterocycles. The van der Waals surface area contributed by atoms with E-state index in [1.165, 1.54) is 7.11 Å². The zero-order valence-electron chi connectivity index (χ0n) is 11.5. The molecule has 1 aromatic carbocycles. The average Bonchev–Trinajstić information content (AvgIpc) is 2.92. The van der Waals surface area contributed by atoms with Gasteiger partial charge in [-0.1, -0.05) is 32.0 Å². The number of sulfone groups is 1. The molecule has 0 radical (unpaired) electrons. The van der Waals surface area contributed by atoms with Crippen LogP contribution in [0, 0.1) is 18.3 Å². The molecule has 0 aromatic heterocycles. The van der Waals surface area contributed by atoms with E-state index in [9.17, 15) is 13.2 Å². The van der Waals surface area contributed by atoms with E-state index in [1.807, 2.05) is 0 Å². The molecular weight excluding hydrogens is 264 g/mol. The third-order valence-electron chi connectivity index (χ3n) is 3.92. The van der Waals surface area contributed by atoms with Gasteiger partial charge in [0.05, 0.1) is 23.2 Å². The SMILES string of the molecule is COC(=O)[C@H]1[C@H](S(=O)(=O)c2ccccc2C)C1(C)C. The molecule has 1 fully saturated rings. The van der Waals surface area contributed by atoms with Crippen molar-refractivity contribution in [3.05, 3.63) is 29.8 Å². The molecule has 0 amide bonds. The molecule has 0 spiro atoms. The first-order valence-corrected chi connectivity index (χ1v) is 7.66. The number of carbonyl (C=O) groups is 1. The molecule has 0 N–H and O–H groups in total. The zero-order chi connectivity index (χ0) is 14.4. The molecule has 4 nitrogen and oxygen atoms in total. The van der Waals surface area contributed by atoms with Crippen molar-refractivity contribution in [2.24, 2.45) is 11.3 Å². The largest absolute Gasteiger partial charge is 0.469 e. The van der Waals surface area contributed by atoms with Crippen molar-refractivity contribution in [3.63, 3.8) is 0 Å². The summed E-state index contributed by atoms with van der Waals surface area (Å²) >= 11 is 0. The van der Waals surface area contributed by atoms with E-state index < -0.39 is 32.4 Å². The minimum absolute atomic E-state index is 0.305. The van der Waals surface area contributed by atoms with Crippen LogP contribution in [0.2, 0.25) is 0 Å². The van der Waals surface area contributed by atoms with Gasteiger partial charge in [-0.05, 0) is 24.0 Å². The topological polar surface area (TPSA) is 60.4 Å². The van der Waals surface area contributed by atoms with Crippen LogP contribution in [0.15, 0.2) is 29.2 Å². The Hall–Kier alpha value is -1.36. The van der Waals surface area contributed by atoms with Gasteiger partial charge in [-0.2, -0.15) is 0 Å². The Morgan fingerprint density at radius 3 is 2.37 bits per heavy atom. The molecule has 0 unspecified atom stereocenters. The summed E-state index contributed by atoms with van der Waals surface area (Å²) in [4.78, 5) is 12.0. The third kappa shape index (κ3) is 2.06. The third-order valence-corrected chi connectivity index (χ3v) is 6.54. The lowest BCUT2D eigenvalue weighted by Crippen LogP contribution is -2.16. The van der Waals surface area contributed by atoms with Crippen LogP contribution in [-0.2, 0) is 19.4 Å². The van der Waals surface area contributed by atoms with Gasteiger partial charge in [0.1, 0.15) is 0 Å². The van der Waals surface area contributed by atoms with Gasteiger partial charge in [-0.25, -0.2) is 8.42 Å². The molecule has 1 aliphatic carbocycles. The Bertz CT molecular complexity index is 616. The predicted molar refractivity (Wildman–Crippen MR) is 71.4 cm³/mol. The van der Waals surface area contributed by atoms with Gasteiger partial charge < -0.3 is 4.74 Å². The second-order valence-corrected chi connectivity index (χ2v) is 7.59. The van der Waals surface area contributed by atoms with Crippen LogP contribution < -0.4 is 0 Å². The van der Waals surface area contributed by atoms with Crippen molar-refractivity contribution in [2.75, 3.05) is 7.11 Å². The number of esters is 1. The highest BCUT2D eigenvalue weighted by molar-refractivity contribution is 7.92. The molecule has 1 saturated carbocycles. The van der Waals surface area contributed by atoms with E-state index in [0.717, 1.165) is 0 Å². The normalized spacial score (nSPS) is 24.8. The van der Waals surface area contributed by atoms with E-state index in [0.29, 0.717) is 10.5 Å². The van der Waals surface area contributed by atoms with Crippen LogP contribution >= 0.6 is 0 Å². The van der Waals surface area contributed by atoms with Crippen molar-refractivity contribution in [1.82, 2.24) is 0 Å². The molecule has 2 rings (SSSR count). The summed E-state index contributed by atoms with van der Waals surface area (Å²) in [6.45, 7) is 5.33. The second kappa shape index (κ2) is 4.34. The summed E-state index contributed by atoms with van der Waals surface area (Å²) in [5, 5.41) is -0.700. The summed E-state index contributed by atoms with van der Waals surface area (Å²) in [6.07, 6.45) is 0. The van der Waals surface area contributed by atoms with Gasteiger partial charge in [0.2, 0.25) is 0 Å². The van der Waals surface area contributed by atoms with E-state index >= 15 is 0 Å². The number of rotatable bonds is 3. The smallest absolute Gasteiger partial charge is 0.310 e. The number of hydrogen-bond acceptors (Lipinski definition) is 4. The molecule has 104 valence electrons. The predicted octanol–water partition coefficient (Wildman–Crippen LogP) is 1.97. The van der Waals surface area contributed by atoms with Gasteiger partial charge in [0.25, 0.3) is 0 Å². The highest BCUT2D eigenvalue weighted by atomic mass is 32.2. The number of methoxy groups -OCH3 is 1. The molecule has 1 aliphatic rings. The van der Waals surface area contributed by atoms with Gasteiger partial charge in [0.15, 0.2) is 9.84 Å². The van der Waals surface area contributed by atoms with Crippen molar-refractivity contribution < 1.29 is 17.9 Å². The van der Waals surface area contributed by atoms with Crippen LogP contribution in [0.5, 0.6) is 0 Å². The summed E-state index contributed by atoms with van der Waals surface area (Å²) in [7, 11) is -2.22. The maximum atomic E-state index is 12.7. The Labute approximate surface area is 113 Å². The van der Waals surface area contributed by atoms with Crippen molar-refractivity contribution in [3.8, 4) is 0 Å². The van der Waals surface area contributed by atoms with Crippen LogP contribution in [0.25, 0.3) is 0 Å². The molecule has 19 heavy (non-hydrogen) atoms. The molecule has 0 bridgehead atoms. The molecule has 0 heterocycles. The average molecular weight is 282 g/mol. The highest BCUT2D eigenvalue weighted by Crippen LogP contribution is 2.58. The Morgan fingerprint density at radius 1 is 1.26 bits per heavy atom. The van der Waals surface area contributed by atoms with E-state index in [4.69, 9.17) is 4.74 Å². The van der Waals surface area contributed by atoms with Gasteiger partial charge in [-0.3, -0.25) is 4.79 Å². The fourth-order valence-corrected chi connectivity index (χ4v) is 5.48. The number of benzene rings is 1. The van der Waals surface area contributed by atoms with Crippen molar-refractivity contribution >= 4 is 15.8 Å². The van der Waals surface area contributed by atoms with Gasteiger partial charge >= 0.3 is 5.97 Å². The minimum atomic E-state index is -3.51. The quantitative estimate of drug-likeness (QED) is 0.795. The fourth-order valence-electron chi connectivity index (χ4n) is 2.74. The fraction of sp³-hybridized carbons (Fsp3) is 0.500. The van der Waals surface area contributed by atoms with Crippen LogP contribution in [0.1, 0.15) is 19.4 Å². The summed E-state index contributed by atoms with van der Waals surface area (Å²) in [6, 6.07) is 6.84. The van der Waals surface area contributed by atoms with E-state index in [-0.39, 0.29) is 0 Å². The van der Waals surface area contributed by atoms with Crippen LogP contribution in [0.4, 0.5) is 0 Å². The number of ether oxygens (including phenoxy) is 1. The number of aryl methyl sites for hydroxylation is 1. The lowest BCUT2D eigenvalue weighted by Gasteiger charge is -2.08. The maximum Gasteiger partial charge on any atom is 0.310 e. The Balaban J connectivity index is 2.43. The lowest BCUT2D eigenvalue weighted by molar-refractivity contribution is -0.142. The van der Waals surface area contributed by atoms with E-state index in [1.54, 1.807) is 45.0 Å². The number of hydrogen-bond donors (Lipinski definition) is 0. The van der Waals surface area contributed by atoms with Crippen LogP contribution in [0.3, 0.4) is 0 Å². The van der Waals surface area contributed by atoms with Gasteiger partial charge in [0, 0.05) is 0 Å². The van der Waals surface area contributed by atoms with Crippen molar-refractivity contribution in [1.29, 1.82) is 0 Å². The first kappa shape index (κ1) is 14.1. The monoisotopic (exact) mass is 282 g/mol. The summed E-state index contributed by atoms with van der Waals surface area (Å²) in [5.41, 5.74) is 0.127. The standard InChI is InChI=1S/C14H18O4S/c1-9-7-5-6-8-10(9)19(16,17)12-11(13(15)18-4)14(12,2)3/h5-8,11-12H,1-4H3/t11-,12+/m1/s1. The van der Waals surface area contributed by atoms with Crippen molar-refractivity contribution in [2.45, 2.75) is 30.9 Å². The maximum absolute atomic E-state index is 12.7. The van der Waals surface area contributed by atoms with Crippen LogP contribution in [-0.4, -0.2) is 26.7 Å². The lowest BCUT2D eigenvalue weighted by atomic mass is 10.1.